The molecule has 2 aromatic carbocycles. The van der Waals surface area contributed by atoms with Crippen LogP contribution in [0.3, 0.4) is 0 Å². The van der Waals surface area contributed by atoms with E-state index in [0.717, 1.165) is 25.7 Å². The highest BCUT2D eigenvalue weighted by Gasteiger charge is 2.32. The maximum atomic E-state index is 13.5. The fourth-order valence-electron chi connectivity index (χ4n) is 5.42. The lowest BCUT2D eigenvalue weighted by atomic mass is 9.96. The normalized spacial score (nSPS) is 20.4. The molecule has 0 spiro atoms. The van der Waals surface area contributed by atoms with Gasteiger partial charge in [0.2, 0.25) is 5.91 Å². The molecule has 1 aliphatic heterocycles. The van der Waals surface area contributed by atoms with Gasteiger partial charge in [-0.15, -0.1) is 0 Å². The van der Waals surface area contributed by atoms with Gasteiger partial charge in [-0.05, 0) is 50.1 Å². The second-order valence-electron chi connectivity index (χ2n) is 11.3. The van der Waals surface area contributed by atoms with Crippen molar-refractivity contribution < 1.29 is 24.2 Å². The van der Waals surface area contributed by atoms with Gasteiger partial charge in [-0.25, -0.2) is 9.59 Å². The standard InChI is InChI=1S/C31H43N5O5/c1-21-18-36(22(2)20-37)29(38)17-23-16-26(33-30(39)32-24-10-6-4-7-11-24)14-15-27(23)41-28(21)19-35(3)31(40)34-25-12-8-5-9-13-25/h5,8-9,12-16,21-22,24,28,37H,4,6-7,10-11,17-20H2,1-3H3,(H,34,40)(H2,32,33,39)/t21-,22+,28-/m0/s1. The lowest BCUT2D eigenvalue weighted by molar-refractivity contribution is -0.134. The van der Waals surface area contributed by atoms with E-state index >= 15 is 0 Å². The van der Waals surface area contributed by atoms with Crippen LogP contribution in [0.2, 0.25) is 0 Å². The maximum absolute atomic E-state index is 13.5. The third-order valence-electron chi connectivity index (χ3n) is 7.94. The van der Waals surface area contributed by atoms with E-state index in [-0.39, 0.29) is 55.5 Å². The Hall–Kier alpha value is -3.79. The van der Waals surface area contributed by atoms with Crippen molar-refractivity contribution in [3.8, 4) is 5.75 Å². The molecule has 2 aromatic rings. The van der Waals surface area contributed by atoms with E-state index in [1.165, 1.54) is 6.42 Å². The van der Waals surface area contributed by atoms with Crippen LogP contribution in [0.4, 0.5) is 21.0 Å². The molecule has 0 unspecified atom stereocenters. The first-order chi connectivity index (χ1) is 19.7. The Kier molecular flexibility index (Phi) is 10.5. The molecule has 3 atom stereocenters. The summed E-state index contributed by atoms with van der Waals surface area (Å²) in [5.74, 6) is 0.247. The molecule has 4 rings (SSSR count). The number of ether oxygens (including phenoxy) is 1. The van der Waals surface area contributed by atoms with Crippen molar-refractivity contribution in [2.75, 3.05) is 37.4 Å². The van der Waals surface area contributed by atoms with Gasteiger partial charge in [-0.1, -0.05) is 44.4 Å². The van der Waals surface area contributed by atoms with E-state index in [2.05, 4.69) is 16.0 Å². The SMILES string of the molecule is C[C@H](CO)N1C[C@H](C)[C@H](CN(C)C(=O)Nc2ccccc2)Oc2ccc(NC(=O)NC3CCCCC3)cc2CC1=O. The number of hydrogen-bond acceptors (Lipinski definition) is 5. The van der Waals surface area contributed by atoms with Crippen LogP contribution in [0.25, 0.3) is 0 Å². The number of aliphatic hydroxyl groups is 1. The Balaban J connectivity index is 1.53. The zero-order chi connectivity index (χ0) is 29.4. The number of benzene rings is 2. The molecule has 0 radical (unpaired) electrons. The lowest BCUT2D eigenvalue weighted by Crippen LogP contribution is -2.48. The van der Waals surface area contributed by atoms with Gasteiger partial charge in [0.1, 0.15) is 11.9 Å². The molecule has 5 amide bonds. The number of carbonyl (C=O) groups is 3. The monoisotopic (exact) mass is 565 g/mol. The van der Waals surface area contributed by atoms with E-state index < -0.39 is 6.10 Å². The Morgan fingerprint density at radius 2 is 1.80 bits per heavy atom. The third-order valence-corrected chi connectivity index (χ3v) is 7.94. The zero-order valence-corrected chi connectivity index (χ0v) is 24.3. The number of anilines is 2. The van der Waals surface area contributed by atoms with Gasteiger partial charge in [0.25, 0.3) is 0 Å². The number of para-hydroxylation sites is 1. The molecule has 222 valence electrons. The molecule has 1 aliphatic carbocycles. The summed E-state index contributed by atoms with van der Waals surface area (Å²) in [6, 6.07) is 13.8. The predicted octanol–water partition coefficient (Wildman–Crippen LogP) is 4.45. The van der Waals surface area contributed by atoms with Crippen molar-refractivity contribution >= 4 is 29.3 Å². The van der Waals surface area contributed by atoms with Gasteiger partial charge in [-0.3, -0.25) is 4.79 Å². The Morgan fingerprint density at radius 3 is 2.51 bits per heavy atom. The third kappa shape index (κ3) is 8.36. The van der Waals surface area contributed by atoms with Gasteiger partial charge in [0.05, 0.1) is 25.6 Å². The molecular formula is C31H43N5O5. The highest BCUT2D eigenvalue weighted by molar-refractivity contribution is 5.90. The lowest BCUT2D eigenvalue weighted by Gasteiger charge is -2.34. The topological polar surface area (TPSA) is 123 Å². The first-order valence-electron chi connectivity index (χ1n) is 14.6. The van der Waals surface area contributed by atoms with Gasteiger partial charge < -0.3 is 35.6 Å². The summed E-state index contributed by atoms with van der Waals surface area (Å²) < 4.78 is 6.50. The second-order valence-corrected chi connectivity index (χ2v) is 11.3. The van der Waals surface area contributed by atoms with Crippen LogP contribution >= 0.6 is 0 Å². The summed E-state index contributed by atoms with van der Waals surface area (Å²) in [5, 5.41) is 18.7. The van der Waals surface area contributed by atoms with Crippen molar-refractivity contribution in [1.82, 2.24) is 15.1 Å². The van der Waals surface area contributed by atoms with E-state index in [1.807, 2.05) is 44.2 Å². The minimum absolute atomic E-state index is 0.0587. The molecule has 2 aliphatic rings. The molecule has 1 saturated carbocycles. The Morgan fingerprint density at radius 1 is 1.07 bits per heavy atom. The van der Waals surface area contributed by atoms with Crippen molar-refractivity contribution in [2.45, 2.75) is 70.6 Å². The summed E-state index contributed by atoms with van der Waals surface area (Å²) >= 11 is 0. The molecule has 0 bridgehead atoms. The molecule has 0 saturated heterocycles. The summed E-state index contributed by atoms with van der Waals surface area (Å²) in [7, 11) is 1.71. The highest BCUT2D eigenvalue weighted by Crippen LogP contribution is 2.29. The number of urea groups is 2. The molecule has 1 fully saturated rings. The van der Waals surface area contributed by atoms with Gasteiger partial charge in [0.15, 0.2) is 0 Å². The minimum Gasteiger partial charge on any atom is -0.488 e. The van der Waals surface area contributed by atoms with Crippen LogP contribution in [0.15, 0.2) is 48.5 Å². The number of likely N-dealkylation sites (N-methyl/N-ethyl adjacent to an activating group) is 1. The number of nitrogens with one attached hydrogen (secondary N) is 3. The second kappa shape index (κ2) is 14.2. The summed E-state index contributed by atoms with van der Waals surface area (Å²) in [4.78, 5) is 42.3. The average molecular weight is 566 g/mol. The minimum atomic E-state index is -0.437. The van der Waals surface area contributed by atoms with Gasteiger partial charge >= 0.3 is 12.1 Å². The largest absolute Gasteiger partial charge is 0.488 e. The number of amides is 5. The Bertz CT molecular complexity index is 1190. The first-order valence-corrected chi connectivity index (χ1v) is 14.6. The van der Waals surface area contributed by atoms with Crippen LogP contribution in [-0.4, -0.2) is 77.8 Å². The number of fused-ring (bicyclic) bond motifs is 1. The number of nitrogens with zero attached hydrogens (tertiary/aromatic N) is 2. The van der Waals surface area contributed by atoms with Crippen molar-refractivity contribution in [1.29, 1.82) is 0 Å². The quantitative estimate of drug-likeness (QED) is 0.395. The molecule has 10 nitrogen and oxygen atoms in total. The molecule has 10 heteroatoms. The van der Waals surface area contributed by atoms with E-state index in [4.69, 9.17) is 4.74 Å². The van der Waals surface area contributed by atoms with Gasteiger partial charge in [0, 0.05) is 42.5 Å². The number of hydrogen-bond donors (Lipinski definition) is 4. The summed E-state index contributed by atoms with van der Waals surface area (Å²) in [6.45, 7) is 4.26. The summed E-state index contributed by atoms with van der Waals surface area (Å²) in [6.07, 6.45) is 5.03. The zero-order valence-electron chi connectivity index (χ0n) is 24.3. The van der Waals surface area contributed by atoms with Crippen molar-refractivity contribution in [3.63, 3.8) is 0 Å². The molecule has 1 heterocycles. The van der Waals surface area contributed by atoms with Crippen molar-refractivity contribution in [2.24, 2.45) is 5.92 Å². The average Bonchev–Trinajstić information content (AvgIpc) is 3.01. The highest BCUT2D eigenvalue weighted by atomic mass is 16.5. The first kappa shape index (κ1) is 30.2. The van der Waals surface area contributed by atoms with Crippen LogP contribution in [-0.2, 0) is 11.2 Å². The van der Waals surface area contributed by atoms with Gasteiger partial charge in [-0.2, -0.15) is 0 Å². The van der Waals surface area contributed by atoms with Crippen LogP contribution < -0.4 is 20.7 Å². The Labute approximate surface area is 242 Å². The fourth-order valence-corrected chi connectivity index (χ4v) is 5.42. The number of aliphatic hydroxyl groups excluding tert-OH is 1. The molecular weight excluding hydrogens is 522 g/mol. The molecule has 4 N–H and O–H groups in total. The number of carbonyl (C=O) groups excluding carboxylic acids is 3. The van der Waals surface area contributed by atoms with Crippen LogP contribution in [0, 0.1) is 5.92 Å². The summed E-state index contributed by atoms with van der Waals surface area (Å²) in [5.41, 5.74) is 1.90. The fraction of sp³-hybridized carbons (Fsp3) is 0.516. The molecule has 41 heavy (non-hydrogen) atoms. The smallest absolute Gasteiger partial charge is 0.321 e. The number of rotatable bonds is 7. The van der Waals surface area contributed by atoms with E-state index in [0.29, 0.717) is 29.2 Å². The maximum Gasteiger partial charge on any atom is 0.321 e. The van der Waals surface area contributed by atoms with E-state index in [9.17, 15) is 19.5 Å². The van der Waals surface area contributed by atoms with Crippen molar-refractivity contribution in [3.05, 3.63) is 54.1 Å². The van der Waals surface area contributed by atoms with Crippen LogP contribution in [0.5, 0.6) is 5.75 Å². The predicted molar refractivity (Wildman–Crippen MR) is 159 cm³/mol. The van der Waals surface area contributed by atoms with E-state index in [1.54, 1.807) is 35.0 Å². The van der Waals surface area contributed by atoms with Crippen LogP contribution in [0.1, 0.15) is 51.5 Å². The molecule has 0 aromatic heterocycles.